The van der Waals surface area contributed by atoms with Gasteiger partial charge in [0.05, 0.1) is 0 Å². The molecule has 0 aromatic heterocycles. The Kier molecular flexibility index (Phi) is 16.7. The largest absolute Gasteiger partial charge is 2.00 e. The molecule has 4 fully saturated rings. The van der Waals surface area contributed by atoms with E-state index in [0.717, 1.165) is 22.2 Å². The molecule has 0 aromatic rings. The molecular weight excluding hydrogens is 635 g/mol. The van der Waals surface area contributed by atoms with Gasteiger partial charge in [0.25, 0.3) is 0 Å². The first-order valence-electron chi connectivity index (χ1n) is 11.8. The Bertz CT molecular complexity index is 636. The minimum Gasteiger partial charge on any atom is -0.347 e. The minimum absolute atomic E-state index is 0. The Balaban J connectivity index is 0.000000361. The number of amides is 2. The quantitative estimate of drug-likeness (QED) is 0.289. The molecule has 0 aliphatic heterocycles. The van der Waals surface area contributed by atoms with E-state index in [1.807, 2.05) is 51.4 Å². The molecule has 0 atom stereocenters. The van der Waals surface area contributed by atoms with E-state index >= 15 is 0 Å². The number of nitrogens with zero attached hydrogens (tertiary/aromatic N) is 2. The maximum Gasteiger partial charge on any atom is 2.00 e. The zero-order valence-corrected chi connectivity index (χ0v) is 27.5. The summed E-state index contributed by atoms with van der Waals surface area (Å²) in [7, 11) is -1.08. The van der Waals surface area contributed by atoms with Gasteiger partial charge in [-0.1, -0.05) is 0 Å². The predicted octanol–water partition coefficient (Wildman–Crippen LogP) is 4.15. The van der Waals surface area contributed by atoms with Crippen LogP contribution < -0.4 is 0 Å². The molecule has 0 saturated heterocycles. The third-order valence-corrected chi connectivity index (χ3v) is 16.6. The van der Waals surface area contributed by atoms with Crippen LogP contribution in [0.5, 0.6) is 0 Å². The zero-order valence-electron chi connectivity index (χ0n) is 21.8. The first kappa shape index (κ1) is 37.0. The number of hydrogen-bond acceptors (Lipinski definition) is 2. The van der Waals surface area contributed by atoms with Crippen LogP contribution in [0.1, 0.15) is 13.8 Å². The SMILES string of the molecule is CC(=O)N(C)C[Si](Cl)([C]1[CH][CH][CH][CH]1)[C]1[CH][CH][CH][CH]1.CC(=O)N(C)C[Si](Cl)([C]1[CH][CH][CH][CH]1)[C]1[CH][CH][CH][CH]1.[Fe+2].[Fe+2]. The first-order valence-corrected chi connectivity index (χ1v) is 18.2. The van der Waals surface area contributed by atoms with Gasteiger partial charge in [-0.3, -0.25) is 9.59 Å². The maximum atomic E-state index is 11.5. The van der Waals surface area contributed by atoms with Crippen LogP contribution in [-0.4, -0.2) is 62.8 Å². The average Bonchev–Trinajstić information content (AvgIpc) is 3.68. The van der Waals surface area contributed by atoms with Gasteiger partial charge in [0, 0.05) is 40.3 Å². The summed E-state index contributed by atoms with van der Waals surface area (Å²) < 4.78 is 0. The van der Waals surface area contributed by atoms with Crippen molar-refractivity contribution in [1.29, 1.82) is 0 Å². The summed E-state index contributed by atoms with van der Waals surface area (Å²) in [6.07, 6.45) is 33.6. The molecule has 20 radical (unpaired) electrons. The van der Waals surface area contributed by atoms with Gasteiger partial charge < -0.3 is 9.80 Å². The molecule has 4 nitrogen and oxygen atoms in total. The van der Waals surface area contributed by atoms with E-state index in [-0.39, 0.29) is 46.0 Å². The Morgan fingerprint density at radius 3 is 0.895 bits per heavy atom. The molecule has 0 N–H and O–H groups in total. The summed E-state index contributed by atoms with van der Waals surface area (Å²) in [4.78, 5) is 26.3. The topological polar surface area (TPSA) is 40.6 Å². The summed E-state index contributed by atoms with van der Waals surface area (Å²) in [6.45, 7) is 3.14. The summed E-state index contributed by atoms with van der Waals surface area (Å²) >= 11 is 13.9. The molecule has 4 aliphatic rings. The van der Waals surface area contributed by atoms with Crippen LogP contribution in [0, 0.1) is 125 Å². The van der Waals surface area contributed by atoms with E-state index in [1.54, 1.807) is 37.7 Å². The van der Waals surface area contributed by atoms with Crippen molar-refractivity contribution >= 4 is 48.7 Å². The van der Waals surface area contributed by atoms with Crippen LogP contribution >= 0.6 is 22.2 Å². The fourth-order valence-electron chi connectivity index (χ4n) is 4.13. The van der Waals surface area contributed by atoms with Crippen molar-refractivity contribution in [1.82, 2.24) is 9.80 Å². The van der Waals surface area contributed by atoms with Crippen molar-refractivity contribution in [2.24, 2.45) is 0 Å². The monoisotopic (exact) mass is 666 g/mol. The second-order valence-electron chi connectivity index (χ2n) is 9.05. The summed E-state index contributed by atoms with van der Waals surface area (Å²) in [5.74, 6) is 0.0938. The molecule has 0 heterocycles. The molecule has 38 heavy (non-hydrogen) atoms. The van der Waals surface area contributed by atoms with Crippen molar-refractivity contribution in [3.8, 4) is 0 Å². The minimum atomic E-state index is -2.35. The Labute approximate surface area is 265 Å². The van der Waals surface area contributed by atoms with Crippen LogP contribution in [0.3, 0.4) is 0 Å². The van der Waals surface area contributed by atoms with E-state index in [0.29, 0.717) is 12.3 Å². The van der Waals surface area contributed by atoms with Crippen LogP contribution in [-0.2, 0) is 43.7 Å². The molecule has 4 rings (SSSR count). The molecule has 4 aliphatic carbocycles. The maximum absolute atomic E-state index is 11.5. The number of carbonyl (C=O) groups excluding carboxylic acids is 2. The molecule has 10 heteroatoms. The van der Waals surface area contributed by atoms with Gasteiger partial charge in [0.15, 0.2) is 14.8 Å². The van der Waals surface area contributed by atoms with Gasteiger partial charge in [-0.2, -0.15) is 22.2 Å². The third-order valence-electron chi connectivity index (χ3n) is 6.47. The second-order valence-corrected chi connectivity index (χ2v) is 19.1. The Hall–Kier alpha value is 0.993. The van der Waals surface area contributed by atoms with Crippen molar-refractivity contribution < 1.29 is 43.7 Å². The molecule has 0 aromatic carbocycles. The van der Waals surface area contributed by atoms with Crippen LogP contribution in [0.15, 0.2) is 0 Å². The Morgan fingerprint density at radius 1 is 0.553 bits per heavy atom. The number of rotatable bonds is 8. The summed E-state index contributed by atoms with van der Waals surface area (Å²) in [5, 5.41) is 0. The molecule has 2 amide bonds. The van der Waals surface area contributed by atoms with E-state index < -0.39 is 14.8 Å². The predicted molar refractivity (Wildman–Crippen MR) is 152 cm³/mol. The van der Waals surface area contributed by atoms with Gasteiger partial charge in [-0.15, -0.1) is 0 Å². The van der Waals surface area contributed by atoms with E-state index in [1.165, 1.54) is 0 Å². The number of hydrogen-bond donors (Lipinski definition) is 0. The smallest absolute Gasteiger partial charge is 0.347 e. The molecule has 0 bridgehead atoms. The standard InChI is InChI=1S/2C14H16ClNOSi.2Fe/c2*1-12(17)16(2)11-18(15,13-7-3-4-8-13)14-9-5-6-10-14;;/h2*3-10H,11H2,1-2H3;;/q;;2*+2. The van der Waals surface area contributed by atoms with E-state index in [9.17, 15) is 9.59 Å². The van der Waals surface area contributed by atoms with Crippen molar-refractivity contribution in [2.75, 3.05) is 26.4 Å². The van der Waals surface area contributed by atoms with E-state index in [2.05, 4.69) is 51.4 Å². The summed E-state index contributed by atoms with van der Waals surface area (Å²) in [5.41, 5.74) is 4.62. The number of carbonyl (C=O) groups is 2. The zero-order chi connectivity index (χ0) is 26.3. The van der Waals surface area contributed by atoms with Gasteiger partial charge in [0.1, 0.15) is 0 Å². The fraction of sp³-hybridized carbons (Fsp3) is 0.214. The van der Waals surface area contributed by atoms with Gasteiger partial charge in [-0.05, 0) is 125 Å². The second kappa shape index (κ2) is 17.2. The number of halogens is 2. The van der Waals surface area contributed by atoms with Gasteiger partial charge in [-0.25, -0.2) is 0 Å². The van der Waals surface area contributed by atoms with Crippen LogP contribution in [0.2, 0.25) is 0 Å². The fourth-order valence-corrected chi connectivity index (χ4v) is 12.7. The Morgan fingerprint density at radius 2 is 0.737 bits per heavy atom. The third kappa shape index (κ3) is 9.51. The van der Waals surface area contributed by atoms with Crippen LogP contribution in [0.25, 0.3) is 0 Å². The average molecular weight is 667 g/mol. The summed E-state index contributed by atoms with van der Waals surface area (Å²) in [6, 6.07) is 0. The van der Waals surface area contributed by atoms with Crippen LogP contribution in [0.4, 0.5) is 0 Å². The molecule has 4 saturated carbocycles. The molecule has 0 spiro atoms. The van der Waals surface area contributed by atoms with E-state index in [4.69, 9.17) is 22.2 Å². The van der Waals surface area contributed by atoms with Crippen molar-refractivity contribution in [2.45, 2.75) is 13.8 Å². The van der Waals surface area contributed by atoms with Crippen molar-refractivity contribution in [3.05, 3.63) is 125 Å². The molecule has 200 valence electrons. The van der Waals surface area contributed by atoms with Gasteiger partial charge >= 0.3 is 34.1 Å². The first-order chi connectivity index (χ1) is 17.1. The molecule has 0 unspecified atom stereocenters. The van der Waals surface area contributed by atoms with Gasteiger partial charge in [0.2, 0.25) is 11.8 Å². The van der Waals surface area contributed by atoms with Crippen molar-refractivity contribution in [3.63, 3.8) is 0 Å². The normalized spacial score (nSPS) is 21.4. The molecular formula is C28H32Cl2Fe2N2O2Si2+4.